The second-order valence-electron chi connectivity index (χ2n) is 6.55. The van der Waals surface area contributed by atoms with Crippen LogP contribution in [0.25, 0.3) is 0 Å². The standard InChI is InChI=1S/C14H23NO3/c1-9-8-10(9)12(16)11-6-5-7-15(11)13(17)18-14(2,3)4/h9-11H,5-8H2,1-4H3/t9-,10+,11?/m1/s1. The maximum Gasteiger partial charge on any atom is 0.410 e. The van der Waals surface area contributed by atoms with E-state index in [0.717, 1.165) is 19.3 Å². The van der Waals surface area contributed by atoms with Crippen LogP contribution in [0.5, 0.6) is 0 Å². The summed E-state index contributed by atoms with van der Waals surface area (Å²) in [7, 11) is 0. The smallest absolute Gasteiger partial charge is 0.410 e. The quantitative estimate of drug-likeness (QED) is 0.760. The van der Waals surface area contributed by atoms with Gasteiger partial charge in [0.1, 0.15) is 5.60 Å². The molecule has 2 fully saturated rings. The average molecular weight is 253 g/mol. The minimum absolute atomic E-state index is 0.179. The van der Waals surface area contributed by atoms with Crippen LogP contribution >= 0.6 is 0 Å². The maximum absolute atomic E-state index is 12.2. The van der Waals surface area contributed by atoms with E-state index in [1.807, 2.05) is 20.8 Å². The molecule has 0 N–H and O–H groups in total. The number of hydrogen-bond donors (Lipinski definition) is 0. The van der Waals surface area contributed by atoms with Gasteiger partial charge in [0.05, 0.1) is 6.04 Å². The Labute approximate surface area is 109 Å². The predicted octanol–water partition coefficient (Wildman–Crippen LogP) is 2.61. The first-order chi connectivity index (χ1) is 8.29. The van der Waals surface area contributed by atoms with Gasteiger partial charge in [0.2, 0.25) is 0 Å². The van der Waals surface area contributed by atoms with Gasteiger partial charge in [-0.15, -0.1) is 0 Å². The van der Waals surface area contributed by atoms with Crippen LogP contribution < -0.4 is 0 Å². The van der Waals surface area contributed by atoms with Crippen molar-refractivity contribution in [3.8, 4) is 0 Å². The van der Waals surface area contributed by atoms with E-state index in [1.54, 1.807) is 4.90 Å². The zero-order chi connectivity index (χ0) is 13.5. The number of hydrogen-bond acceptors (Lipinski definition) is 3. The summed E-state index contributed by atoms with van der Waals surface area (Å²) in [4.78, 5) is 25.9. The third kappa shape index (κ3) is 2.85. The molecule has 18 heavy (non-hydrogen) atoms. The van der Waals surface area contributed by atoms with Crippen LogP contribution in [0.2, 0.25) is 0 Å². The van der Waals surface area contributed by atoms with E-state index in [-0.39, 0.29) is 23.8 Å². The molecule has 0 spiro atoms. The third-order valence-electron chi connectivity index (χ3n) is 3.68. The molecule has 0 aromatic heterocycles. The molecule has 2 rings (SSSR count). The largest absolute Gasteiger partial charge is 0.444 e. The Balaban J connectivity index is 1.99. The van der Waals surface area contributed by atoms with Crippen LogP contribution in [0, 0.1) is 11.8 Å². The summed E-state index contributed by atoms with van der Waals surface area (Å²) in [6.07, 6.45) is 2.34. The number of amides is 1. The van der Waals surface area contributed by atoms with Crippen molar-refractivity contribution in [3.05, 3.63) is 0 Å². The summed E-state index contributed by atoms with van der Waals surface area (Å²) >= 11 is 0. The molecule has 1 unspecified atom stereocenters. The summed E-state index contributed by atoms with van der Waals surface area (Å²) in [5.74, 6) is 0.919. The van der Waals surface area contributed by atoms with E-state index in [0.29, 0.717) is 12.5 Å². The van der Waals surface area contributed by atoms with Gasteiger partial charge in [-0.3, -0.25) is 9.69 Å². The van der Waals surface area contributed by atoms with Gasteiger partial charge >= 0.3 is 6.09 Å². The van der Waals surface area contributed by atoms with Gasteiger partial charge in [-0.25, -0.2) is 4.79 Å². The van der Waals surface area contributed by atoms with Crippen LogP contribution in [0.4, 0.5) is 4.79 Å². The summed E-state index contributed by atoms with van der Waals surface area (Å²) in [5, 5.41) is 0. The highest BCUT2D eigenvalue weighted by Crippen LogP contribution is 2.41. The van der Waals surface area contributed by atoms with Crippen molar-refractivity contribution in [2.24, 2.45) is 11.8 Å². The molecule has 1 aliphatic carbocycles. The molecule has 4 heteroatoms. The zero-order valence-corrected chi connectivity index (χ0v) is 11.7. The van der Waals surface area contributed by atoms with E-state index in [4.69, 9.17) is 4.74 Å². The van der Waals surface area contributed by atoms with Gasteiger partial charge in [-0.05, 0) is 46.0 Å². The van der Waals surface area contributed by atoms with Crippen molar-refractivity contribution in [3.63, 3.8) is 0 Å². The first kappa shape index (κ1) is 13.4. The second kappa shape index (κ2) is 4.56. The molecule has 0 aromatic carbocycles. The minimum atomic E-state index is -0.500. The Hall–Kier alpha value is -1.06. The van der Waals surface area contributed by atoms with Gasteiger partial charge in [0.15, 0.2) is 5.78 Å². The summed E-state index contributed by atoms with van der Waals surface area (Å²) in [6.45, 7) is 8.28. The van der Waals surface area contributed by atoms with Crippen LogP contribution in [-0.2, 0) is 9.53 Å². The molecule has 102 valence electrons. The molecule has 2 aliphatic rings. The van der Waals surface area contributed by atoms with Gasteiger partial charge in [-0.2, -0.15) is 0 Å². The number of nitrogens with zero attached hydrogens (tertiary/aromatic N) is 1. The van der Waals surface area contributed by atoms with Crippen molar-refractivity contribution in [2.75, 3.05) is 6.54 Å². The number of ether oxygens (including phenoxy) is 1. The molecular formula is C14H23NO3. The lowest BCUT2D eigenvalue weighted by Crippen LogP contribution is -2.44. The van der Waals surface area contributed by atoms with Gasteiger partial charge in [0, 0.05) is 12.5 Å². The van der Waals surface area contributed by atoms with Crippen molar-refractivity contribution >= 4 is 11.9 Å². The topological polar surface area (TPSA) is 46.6 Å². The lowest BCUT2D eigenvalue weighted by atomic mass is 10.1. The number of likely N-dealkylation sites (tertiary alicyclic amines) is 1. The highest BCUT2D eigenvalue weighted by molar-refractivity contribution is 5.91. The highest BCUT2D eigenvalue weighted by Gasteiger charge is 2.46. The lowest BCUT2D eigenvalue weighted by molar-refractivity contribution is -0.124. The fraction of sp³-hybridized carbons (Fsp3) is 0.857. The fourth-order valence-corrected chi connectivity index (χ4v) is 2.57. The van der Waals surface area contributed by atoms with Crippen molar-refractivity contribution in [2.45, 2.75) is 58.6 Å². The molecular weight excluding hydrogens is 230 g/mol. The monoisotopic (exact) mass is 253 g/mol. The number of Topliss-reactive ketones (excluding diaryl/α,β-unsaturated/α-hetero) is 1. The van der Waals surface area contributed by atoms with Crippen LogP contribution in [0.1, 0.15) is 47.0 Å². The Kier molecular flexibility index (Phi) is 3.39. The number of ketones is 1. The van der Waals surface area contributed by atoms with Crippen molar-refractivity contribution < 1.29 is 14.3 Å². The summed E-state index contributed by atoms with van der Waals surface area (Å²) < 4.78 is 5.36. The Morgan fingerprint density at radius 2 is 1.89 bits per heavy atom. The second-order valence-corrected chi connectivity index (χ2v) is 6.55. The SMILES string of the molecule is C[C@@H]1C[C@@H]1C(=O)C1CCCN1C(=O)OC(C)(C)C. The molecule has 1 saturated carbocycles. The highest BCUT2D eigenvalue weighted by atomic mass is 16.6. The Bertz CT molecular complexity index is 359. The van der Waals surface area contributed by atoms with E-state index in [9.17, 15) is 9.59 Å². The molecule has 0 aromatic rings. The minimum Gasteiger partial charge on any atom is -0.444 e. The third-order valence-corrected chi connectivity index (χ3v) is 3.68. The molecule has 1 amide bonds. The number of carbonyl (C=O) groups is 2. The molecule has 1 saturated heterocycles. The lowest BCUT2D eigenvalue weighted by Gasteiger charge is -2.28. The number of rotatable bonds is 2. The first-order valence-corrected chi connectivity index (χ1v) is 6.83. The first-order valence-electron chi connectivity index (χ1n) is 6.83. The van der Waals surface area contributed by atoms with Gasteiger partial charge in [0.25, 0.3) is 0 Å². The Morgan fingerprint density at radius 3 is 2.39 bits per heavy atom. The van der Waals surface area contributed by atoms with Gasteiger partial charge < -0.3 is 4.74 Å². The normalized spacial score (nSPS) is 31.3. The van der Waals surface area contributed by atoms with E-state index in [1.165, 1.54) is 0 Å². The van der Waals surface area contributed by atoms with E-state index < -0.39 is 5.60 Å². The van der Waals surface area contributed by atoms with Gasteiger partial charge in [-0.1, -0.05) is 6.92 Å². The van der Waals surface area contributed by atoms with Crippen LogP contribution in [-0.4, -0.2) is 35.0 Å². The fourth-order valence-electron chi connectivity index (χ4n) is 2.57. The number of carbonyl (C=O) groups excluding carboxylic acids is 2. The maximum atomic E-state index is 12.2. The molecule has 1 heterocycles. The van der Waals surface area contributed by atoms with Crippen LogP contribution in [0.15, 0.2) is 0 Å². The Morgan fingerprint density at radius 1 is 1.28 bits per heavy atom. The molecule has 1 aliphatic heterocycles. The van der Waals surface area contributed by atoms with Crippen molar-refractivity contribution in [1.82, 2.24) is 4.90 Å². The average Bonchev–Trinajstić information content (AvgIpc) is 2.79. The van der Waals surface area contributed by atoms with E-state index >= 15 is 0 Å². The van der Waals surface area contributed by atoms with Crippen LogP contribution in [0.3, 0.4) is 0 Å². The molecule has 0 radical (unpaired) electrons. The molecule has 0 bridgehead atoms. The van der Waals surface area contributed by atoms with E-state index in [2.05, 4.69) is 6.92 Å². The summed E-state index contributed by atoms with van der Waals surface area (Å²) in [5.41, 5.74) is -0.500. The molecule has 4 nitrogen and oxygen atoms in total. The summed E-state index contributed by atoms with van der Waals surface area (Å²) in [6, 6.07) is -0.241. The zero-order valence-electron chi connectivity index (χ0n) is 11.7. The van der Waals surface area contributed by atoms with Crippen molar-refractivity contribution in [1.29, 1.82) is 0 Å². The molecule has 3 atom stereocenters. The predicted molar refractivity (Wildman–Crippen MR) is 68.2 cm³/mol.